The summed E-state index contributed by atoms with van der Waals surface area (Å²) in [5.41, 5.74) is 3.36. The Morgan fingerprint density at radius 3 is 2.90 bits per heavy atom. The summed E-state index contributed by atoms with van der Waals surface area (Å²) in [6.07, 6.45) is 2.78. The van der Waals surface area contributed by atoms with Crippen LogP contribution in [0.4, 0.5) is 5.69 Å². The third-order valence-electron chi connectivity index (χ3n) is 2.93. The van der Waals surface area contributed by atoms with Gasteiger partial charge in [0, 0.05) is 23.7 Å². The van der Waals surface area contributed by atoms with Gasteiger partial charge in [0.05, 0.1) is 6.54 Å². The minimum atomic E-state index is -0.922. The van der Waals surface area contributed by atoms with E-state index in [1.165, 1.54) is 16.1 Å². The van der Waals surface area contributed by atoms with E-state index in [1.54, 1.807) is 17.4 Å². The summed E-state index contributed by atoms with van der Waals surface area (Å²) >= 11 is 1.64. The van der Waals surface area contributed by atoms with E-state index in [2.05, 4.69) is 43.1 Å². The number of aliphatic carboxylic acids is 1. The molecule has 1 N–H and O–H groups in total. The molecule has 0 atom stereocenters. The first-order valence-corrected chi connectivity index (χ1v) is 7.19. The van der Waals surface area contributed by atoms with Crippen LogP contribution >= 0.6 is 11.3 Å². The summed E-state index contributed by atoms with van der Waals surface area (Å²) in [6.45, 7) is 2.90. The van der Waals surface area contributed by atoms with Crippen LogP contribution in [0.1, 0.15) is 16.0 Å². The van der Waals surface area contributed by atoms with Gasteiger partial charge in [0.2, 0.25) is 0 Å². The van der Waals surface area contributed by atoms with Gasteiger partial charge in [-0.3, -0.25) is 0 Å². The fourth-order valence-corrected chi connectivity index (χ4v) is 2.83. The van der Waals surface area contributed by atoms with Crippen molar-refractivity contribution in [2.45, 2.75) is 13.5 Å². The van der Waals surface area contributed by atoms with Crippen LogP contribution in [0.5, 0.6) is 0 Å². The number of benzene rings is 1. The van der Waals surface area contributed by atoms with Gasteiger partial charge in [0.1, 0.15) is 0 Å². The Morgan fingerprint density at radius 1 is 1.40 bits per heavy atom. The second-order valence-electron chi connectivity index (χ2n) is 4.71. The van der Waals surface area contributed by atoms with Crippen LogP contribution in [-0.4, -0.2) is 18.1 Å². The number of carboxylic acids is 1. The predicted molar refractivity (Wildman–Crippen MR) is 84.3 cm³/mol. The van der Waals surface area contributed by atoms with Gasteiger partial charge in [-0.1, -0.05) is 12.1 Å². The lowest BCUT2D eigenvalue weighted by Gasteiger charge is -2.18. The van der Waals surface area contributed by atoms with E-state index < -0.39 is 5.97 Å². The second-order valence-corrected chi connectivity index (χ2v) is 5.71. The molecule has 104 valence electrons. The molecule has 2 rings (SSSR count). The van der Waals surface area contributed by atoms with E-state index in [0.717, 1.165) is 18.2 Å². The summed E-state index contributed by atoms with van der Waals surface area (Å²) in [5, 5.41) is 10.6. The molecule has 0 fully saturated rings. The molecule has 0 aliphatic rings. The number of hydrogen-bond donors (Lipinski definition) is 1. The molecule has 2 aromatic rings. The highest BCUT2D eigenvalue weighted by molar-refractivity contribution is 7.10. The van der Waals surface area contributed by atoms with Crippen molar-refractivity contribution in [2.75, 3.05) is 11.9 Å². The Hall–Kier alpha value is -2.07. The average Bonchev–Trinajstić information content (AvgIpc) is 2.84. The molecule has 0 saturated heterocycles. The predicted octanol–water partition coefficient (Wildman–Crippen LogP) is 3.79. The summed E-state index contributed by atoms with van der Waals surface area (Å²) in [7, 11) is 2.06. The second kappa shape index (κ2) is 6.39. The molecule has 0 amide bonds. The first-order valence-electron chi connectivity index (χ1n) is 6.31. The monoisotopic (exact) mass is 287 g/mol. The van der Waals surface area contributed by atoms with Gasteiger partial charge in [0.25, 0.3) is 0 Å². The zero-order chi connectivity index (χ0) is 14.5. The molecule has 0 spiro atoms. The van der Waals surface area contributed by atoms with Crippen molar-refractivity contribution < 1.29 is 9.90 Å². The lowest BCUT2D eigenvalue weighted by atomic mass is 10.2. The lowest BCUT2D eigenvalue weighted by molar-refractivity contribution is -0.131. The Labute approximate surface area is 122 Å². The number of aryl methyl sites for hydroxylation is 1. The number of anilines is 1. The SMILES string of the molecule is Cc1cccc(N(C)Cc2cc(C=CC(=O)O)cs2)c1. The Kier molecular flexibility index (Phi) is 4.58. The van der Waals surface area contributed by atoms with E-state index in [1.807, 2.05) is 11.4 Å². The van der Waals surface area contributed by atoms with Gasteiger partial charge in [-0.05, 0) is 47.7 Å². The molecule has 0 unspecified atom stereocenters. The summed E-state index contributed by atoms with van der Waals surface area (Å²) in [6, 6.07) is 10.4. The highest BCUT2D eigenvalue weighted by Gasteiger charge is 2.04. The van der Waals surface area contributed by atoms with Gasteiger partial charge in [-0.15, -0.1) is 11.3 Å². The molecule has 0 bridgehead atoms. The van der Waals surface area contributed by atoms with Crippen molar-refractivity contribution in [2.24, 2.45) is 0 Å². The van der Waals surface area contributed by atoms with Crippen molar-refractivity contribution in [1.29, 1.82) is 0 Å². The third-order valence-corrected chi connectivity index (χ3v) is 3.87. The van der Waals surface area contributed by atoms with E-state index in [4.69, 9.17) is 5.11 Å². The van der Waals surface area contributed by atoms with Crippen molar-refractivity contribution in [3.8, 4) is 0 Å². The zero-order valence-electron chi connectivity index (χ0n) is 11.5. The molecule has 0 aliphatic heterocycles. The van der Waals surface area contributed by atoms with Crippen LogP contribution < -0.4 is 4.90 Å². The largest absolute Gasteiger partial charge is 0.478 e. The summed E-state index contributed by atoms with van der Waals surface area (Å²) in [4.78, 5) is 13.9. The number of hydrogen-bond acceptors (Lipinski definition) is 3. The summed E-state index contributed by atoms with van der Waals surface area (Å²) in [5.74, 6) is -0.922. The minimum absolute atomic E-state index is 0.815. The molecule has 20 heavy (non-hydrogen) atoms. The van der Waals surface area contributed by atoms with E-state index >= 15 is 0 Å². The van der Waals surface area contributed by atoms with Crippen molar-refractivity contribution in [3.63, 3.8) is 0 Å². The Balaban J connectivity index is 2.05. The third kappa shape index (κ3) is 3.96. The average molecular weight is 287 g/mol. The maximum absolute atomic E-state index is 10.5. The molecular weight excluding hydrogens is 270 g/mol. The fraction of sp³-hybridized carbons (Fsp3) is 0.188. The van der Waals surface area contributed by atoms with Crippen molar-refractivity contribution >= 4 is 29.1 Å². The van der Waals surface area contributed by atoms with Gasteiger partial charge in [-0.25, -0.2) is 4.79 Å². The molecule has 1 aromatic heterocycles. The van der Waals surface area contributed by atoms with E-state index in [-0.39, 0.29) is 0 Å². The van der Waals surface area contributed by atoms with Crippen LogP contribution in [0.25, 0.3) is 6.08 Å². The van der Waals surface area contributed by atoms with Crippen LogP contribution in [0.3, 0.4) is 0 Å². The highest BCUT2D eigenvalue weighted by atomic mass is 32.1. The van der Waals surface area contributed by atoms with Gasteiger partial charge >= 0.3 is 5.97 Å². The number of nitrogens with zero attached hydrogens (tertiary/aromatic N) is 1. The van der Waals surface area contributed by atoms with Crippen LogP contribution in [-0.2, 0) is 11.3 Å². The molecule has 1 heterocycles. The van der Waals surface area contributed by atoms with E-state index in [9.17, 15) is 4.79 Å². The number of carboxylic acid groups (broad SMARTS) is 1. The molecule has 0 aliphatic carbocycles. The zero-order valence-corrected chi connectivity index (χ0v) is 12.4. The smallest absolute Gasteiger partial charge is 0.328 e. The maximum Gasteiger partial charge on any atom is 0.328 e. The minimum Gasteiger partial charge on any atom is -0.478 e. The number of carbonyl (C=O) groups is 1. The quantitative estimate of drug-likeness (QED) is 0.851. The molecular formula is C16H17NO2S. The first kappa shape index (κ1) is 14.3. The van der Waals surface area contributed by atoms with Crippen LogP contribution in [0.15, 0.2) is 41.8 Å². The van der Waals surface area contributed by atoms with Crippen LogP contribution in [0, 0.1) is 6.92 Å². The number of rotatable bonds is 5. The van der Waals surface area contributed by atoms with Gasteiger partial charge < -0.3 is 10.0 Å². The van der Waals surface area contributed by atoms with Gasteiger partial charge in [-0.2, -0.15) is 0 Å². The fourth-order valence-electron chi connectivity index (χ4n) is 1.93. The normalized spacial score (nSPS) is 10.9. The van der Waals surface area contributed by atoms with Crippen LogP contribution in [0.2, 0.25) is 0 Å². The maximum atomic E-state index is 10.5. The Bertz CT molecular complexity index is 631. The topological polar surface area (TPSA) is 40.5 Å². The van der Waals surface area contributed by atoms with Crippen molar-refractivity contribution in [3.05, 3.63) is 57.8 Å². The Morgan fingerprint density at radius 2 is 2.20 bits per heavy atom. The molecule has 4 heteroatoms. The summed E-state index contributed by atoms with van der Waals surface area (Å²) < 4.78 is 0. The first-order chi connectivity index (χ1) is 9.54. The molecule has 1 aromatic carbocycles. The molecule has 0 saturated carbocycles. The number of thiophene rings is 1. The standard InChI is InChI=1S/C16H17NO2S/c1-12-4-3-5-14(8-12)17(2)10-15-9-13(11-20-15)6-7-16(18)19/h3-9,11H,10H2,1-2H3,(H,18,19). The molecule has 0 radical (unpaired) electrons. The van der Waals surface area contributed by atoms with E-state index in [0.29, 0.717) is 0 Å². The van der Waals surface area contributed by atoms with Crippen molar-refractivity contribution in [1.82, 2.24) is 0 Å². The highest BCUT2D eigenvalue weighted by Crippen LogP contribution is 2.21. The lowest BCUT2D eigenvalue weighted by Crippen LogP contribution is -2.15. The van der Waals surface area contributed by atoms with Gasteiger partial charge in [0.15, 0.2) is 0 Å². The molecule has 3 nitrogen and oxygen atoms in total.